The number of carbonyl (C=O) groups is 1. The van der Waals surface area contributed by atoms with Gasteiger partial charge in [-0.1, -0.05) is 12.1 Å². The number of sulfonamides is 1. The minimum absolute atomic E-state index is 0.0676. The second-order valence-corrected chi connectivity index (χ2v) is 9.84. The van der Waals surface area contributed by atoms with Crippen LogP contribution in [0.3, 0.4) is 0 Å². The number of amides is 1. The summed E-state index contributed by atoms with van der Waals surface area (Å²) in [5, 5.41) is 13.8. The van der Waals surface area contributed by atoms with Gasteiger partial charge >= 0.3 is 0 Å². The zero-order chi connectivity index (χ0) is 22.7. The zero-order valence-corrected chi connectivity index (χ0v) is 18.5. The maximum Gasteiger partial charge on any atom is 0.289 e. The molecule has 1 aliphatic rings. The van der Waals surface area contributed by atoms with Crippen molar-refractivity contribution in [2.24, 2.45) is 0 Å². The first kappa shape index (κ1) is 22.0. The van der Waals surface area contributed by atoms with Crippen LogP contribution in [0.25, 0.3) is 10.6 Å². The molecule has 3 aromatic rings. The molecule has 0 aliphatic carbocycles. The lowest BCUT2D eigenvalue weighted by Gasteiger charge is -2.33. The third-order valence-electron chi connectivity index (χ3n) is 5.06. The maximum atomic E-state index is 12.9. The standard InChI is InChI=1S/C20H19N5O5S2/c26-19(12-16-14-31-20(22-16)15-4-3-7-21-13-15)23-8-10-24(11-9-23)32(29,30)18-6-2-1-5-17(18)25(27)28/h1-7,13-14H,8-12H2. The van der Waals surface area contributed by atoms with Crippen LogP contribution in [-0.2, 0) is 21.2 Å². The summed E-state index contributed by atoms with van der Waals surface area (Å²) in [5.41, 5.74) is 1.07. The van der Waals surface area contributed by atoms with Crippen molar-refractivity contribution in [1.82, 2.24) is 19.2 Å². The number of rotatable bonds is 6. The molecule has 0 unspecified atom stereocenters. The Bertz CT molecular complexity index is 1240. The van der Waals surface area contributed by atoms with Gasteiger partial charge in [0.15, 0.2) is 4.90 Å². The Hall–Kier alpha value is -3.22. The van der Waals surface area contributed by atoms with Gasteiger partial charge in [0.1, 0.15) is 5.01 Å². The fourth-order valence-corrected chi connectivity index (χ4v) is 5.81. The van der Waals surface area contributed by atoms with Crippen molar-refractivity contribution in [2.45, 2.75) is 11.3 Å². The Morgan fingerprint density at radius 1 is 1.12 bits per heavy atom. The number of aromatic nitrogens is 2. The normalized spacial score (nSPS) is 14.9. The molecule has 2 aromatic heterocycles. The SMILES string of the molecule is O=C(Cc1csc(-c2cccnc2)n1)N1CCN(S(=O)(=O)c2ccccc2[N+](=O)[O-])CC1. The van der Waals surface area contributed by atoms with Crippen LogP contribution in [-0.4, -0.2) is 64.6 Å². The van der Waals surface area contributed by atoms with Crippen LogP contribution in [0.1, 0.15) is 5.69 Å². The summed E-state index contributed by atoms with van der Waals surface area (Å²) in [5.74, 6) is -0.143. The van der Waals surface area contributed by atoms with Crippen molar-refractivity contribution in [3.05, 3.63) is 70.0 Å². The second kappa shape index (κ2) is 9.10. The summed E-state index contributed by atoms with van der Waals surface area (Å²) < 4.78 is 27.0. The average molecular weight is 474 g/mol. The lowest BCUT2D eigenvalue weighted by Crippen LogP contribution is -2.50. The predicted molar refractivity (Wildman–Crippen MR) is 117 cm³/mol. The van der Waals surface area contributed by atoms with Crippen molar-refractivity contribution in [3.8, 4) is 10.6 Å². The molecule has 0 radical (unpaired) electrons. The molecule has 1 aromatic carbocycles. The van der Waals surface area contributed by atoms with Crippen LogP contribution < -0.4 is 0 Å². The highest BCUT2D eigenvalue weighted by Gasteiger charge is 2.34. The summed E-state index contributed by atoms with van der Waals surface area (Å²) in [6, 6.07) is 8.99. The number of nitro benzene ring substituents is 1. The van der Waals surface area contributed by atoms with E-state index in [1.807, 2.05) is 17.5 Å². The van der Waals surface area contributed by atoms with E-state index in [0.717, 1.165) is 10.6 Å². The summed E-state index contributed by atoms with van der Waals surface area (Å²) in [6.45, 7) is 0.548. The molecule has 0 N–H and O–H groups in total. The van der Waals surface area contributed by atoms with E-state index >= 15 is 0 Å². The Morgan fingerprint density at radius 3 is 2.56 bits per heavy atom. The van der Waals surface area contributed by atoms with Gasteiger partial charge < -0.3 is 4.90 Å². The highest BCUT2D eigenvalue weighted by Crippen LogP contribution is 2.27. The first-order valence-corrected chi connectivity index (χ1v) is 12.0. The van der Waals surface area contributed by atoms with Crippen LogP contribution in [0.4, 0.5) is 5.69 Å². The number of piperazine rings is 1. The van der Waals surface area contributed by atoms with E-state index in [0.29, 0.717) is 5.69 Å². The lowest BCUT2D eigenvalue weighted by molar-refractivity contribution is -0.387. The van der Waals surface area contributed by atoms with Crippen molar-refractivity contribution in [3.63, 3.8) is 0 Å². The van der Waals surface area contributed by atoms with Gasteiger partial charge in [-0.15, -0.1) is 11.3 Å². The number of benzene rings is 1. The molecule has 1 aliphatic heterocycles. The van der Waals surface area contributed by atoms with Gasteiger partial charge in [0, 0.05) is 55.6 Å². The molecule has 0 atom stereocenters. The van der Waals surface area contributed by atoms with Gasteiger partial charge in [-0.05, 0) is 18.2 Å². The molecule has 4 rings (SSSR count). The number of thiazole rings is 1. The first-order chi connectivity index (χ1) is 15.4. The summed E-state index contributed by atoms with van der Waals surface area (Å²) >= 11 is 1.43. The fraction of sp³-hybridized carbons (Fsp3) is 0.250. The van der Waals surface area contributed by atoms with Crippen LogP contribution in [0.15, 0.2) is 59.1 Å². The maximum absolute atomic E-state index is 12.9. The second-order valence-electron chi connectivity index (χ2n) is 7.07. The topological polar surface area (TPSA) is 127 Å². The van der Waals surface area contributed by atoms with E-state index in [2.05, 4.69) is 9.97 Å². The van der Waals surface area contributed by atoms with Crippen LogP contribution in [0.5, 0.6) is 0 Å². The summed E-state index contributed by atoms with van der Waals surface area (Å²) in [7, 11) is -4.04. The molecule has 0 spiro atoms. The van der Waals surface area contributed by atoms with E-state index < -0.39 is 20.6 Å². The smallest absolute Gasteiger partial charge is 0.289 e. The zero-order valence-electron chi connectivity index (χ0n) is 16.8. The molecule has 1 saturated heterocycles. The molecule has 0 bridgehead atoms. The van der Waals surface area contributed by atoms with Gasteiger partial charge in [-0.2, -0.15) is 4.31 Å². The quantitative estimate of drug-likeness (QED) is 0.397. The molecule has 10 nitrogen and oxygen atoms in total. The fourth-order valence-electron chi connectivity index (χ4n) is 3.42. The van der Waals surface area contributed by atoms with Crippen molar-refractivity contribution in [1.29, 1.82) is 0 Å². The van der Waals surface area contributed by atoms with Gasteiger partial charge in [0.25, 0.3) is 5.69 Å². The third-order valence-corrected chi connectivity index (χ3v) is 7.95. The van der Waals surface area contributed by atoms with Gasteiger partial charge in [0.05, 0.1) is 17.0 Å². The molecule has 166 valence electrons. The van der Waals surface area contributed by atoms with E-state index in [1.165, 1.54) is 39.9 Å². The van der Waals surface area contributed by atoms with E-state index in [-0.39, 0.29) is 43.4 Å². The highest BCUT2D eigenvalue weighted by molar-refractivity contribution is 7.89. The lowest BCUT2D eigenvalue weighted by atomic mass is 10.2. The van der Waals surface area contributed by atoms with Gasteiger partial charge in [0.2, 0.25) is 15.9 Å². The molecular formula is C20H19N5O5S2. The number of nitrogens with zero attached hydrogens (tertiary/aromatic N) is 5. The minimum Gasteiger partial charge on any atom is -0.340 e. The summed E-state index contributed by atoms with van der Waals surface area (Å²) in [6.07, 6.45) is 3.51. The average Bonchev–Trinajstić information content (AvgIpc) is 3.28. The monoisotopic (exact) mass is 473 g/mol. The highest BCUT2D eigenvalue weighted by atomic mass is 32.2. The van der Waals surface area contributed by atoms with Crippen molar-refractivity contribution in [2.75, 3.05) is 26.2 Å². The van der Waals surface area contributed by atoms with E-state index in [9.17, 15) is 23.3 Å². The number of hydrogen-bond acceptors (Lipinski definition) is 8. The predicted octanol–water partition coefficient (Wildman–Crippen LogP) is 2.19. The number of nitro groups is 1. The number of hydrogen-bond donors (Lipinski definition) is 0. The molecule has 3 heterocycles. The van der Waals surface area contributed by atoms with Crippen LogP contribution in [0.2, 0.25) is 0 Å². The molecule has 12 heteroatoms. The van der Waals surface area contributed by atoms with Crippen molar-refractivity contribution >= 4 is 33.0 Å². The Kier molecular flexibility index (Phi) is 6.26. The van der Waals surface area contributed by atoms with Crippen LogP contribution >= 0.6 is 11.3 Å². The molecular weight excluding hydrogens is 454 g/mol. The molecule has 1 amide bonds. The third kappa shape index (κ3) is 4.52. The summed E-state index contributed by atoms with van der Waals surface area (Å²) in [4.78, 5) is 33.0. The van der Waals surface area contributed by atoms with Crippen LogP contribution in [0, 0.1) is 10.1 Å². The van der Waals surface area contributed by atoms with Gasteiger partial charge in [-0.25, -0.2) is 13.4 Å². The largest absolute Gasteiger partial charge is 0.340 e. The van der Waals surface area contributed by atoms with Gasteiger partial charge in [-0.3, -0.25) is 19.9 Å². The molecule has 32 heavy (non-hydrogen) atoms. The number of para-hydroxylation sites is 1. The number of carbonyl (C=O) groups excluding carboxylic acids is 1. The Balaban J connectivity index is 1.39. The van der Waals surface area contributed by atoms with E-state index in [1.54, 1.807) is 17.3 Å². The minimum atomic E-state index is -4.04. The number of pyridine rings is 1. The van der Waals surface area contributed by atoms with Crippen molar-refractivity contribution < 1.29 is 18.1 Å². The first-order valence-electron chi connectivity index (χ1n) is 9.72. The Labute approximate surface area is 188 Å². The Morgan fingerprint density at radius 2 is 1.88 bits per heavy atom. The molecule has 0 saturated carbocycles. The molecule has 1 fully saturated rings. The van der Waals surface area contributed by atoms with E-state index in [4.69, 9.17) is 0 Å².